The Labute approximate surface area is 113 Å². The van der Waals surface area contributed by atoms with Crippen molar-refractivity contribution < 1.29 is 38.8 Å². The summed E-state index contributed by atoms with van der Waals surface area (Å²) in [5, 5.41) is 26.1. The summed E-state index contributed by atoms with van der Waals surface area (Å²) in [4.78, 5) is 31.4. The molecule has 0 fully saturated rings. The van der Waals surface area contributed by atoms with Crippen LogP contribution in [0.5, 0.6) is 0 Å². The van der Waals surface area contributed by atoms with Crippen LogP contribution in [0.25, 0.3) is 0 Å². The molecule has 0 rings (SSSR count). The van der Waals surface area contributed by atoms with E-state index in [1.807, 2.05) is 0 Å². The van der Waals surface area contributed by atoms with Crippen molar-refractivity contribution in [1.29, 1.82) is 0 Å². The molecule has 1 unspecified atom stereocenters. The molecule has 0 spiro atoms. The first kappa shape index (κ1) is 17.9. The molecule has 0 bridgehead atoms. The predicted octanol–water partition coefficient (Wildman–Crippen LogP) is -1.23. The number of carbonyl (C=O) groups excluding carboxylic acids is 1. The van der Waals surface area contributed by atoms with Crippen LogP contribution in [0.15, 0.2) is 0 Å². The fourth-order valence-electron chi connectivity index (χ4n) is 0.777. The van der Waals surface area contributed by atoms with Crippen LogP contribution in [0, 0.1) is 0 Å². The molecule has 0 aliphatic rings. The minimum absolute atomic E-state index is 0. The minimum atomic E-state index is -2.76. The van der Waals surface area contributed by atoms with Crippen LogP contribution < -0.4 is 0 Å². The zero-order chi connectivity index (χ0) is 12.1. The molecule has 10 heteroatoms. The summed E-state index contributed by atoms with van der Waals surface area (Å²) in [6.07, 6.45) is -2.25. The average molecular weight is 262 g/mol. The predicted molar refractivity (Wildman–Crippen MR) is 50.3 cm³/mol. The maximum atomic E-state index is 10.7. The molecule has 0 aliphatic heterocycles. The molecule has 3 N–H and O–H groups in total. The monoisotopic (exact) mass is 262 g/mol. The molecule has 0 amide bonds. The second-order valence-electron chi connectivity index (χ2n) is 2.62. The molecule has 0 aromatic heterocycles. The van der Waals surface area contributed by atoms with E-state index in [-0.39, 0.29) is 29.6 Å². The molecule has 86 valence electrons. The zero-order valence-electron chi connectivity index (χ0n) is 7.24. The van der Waals surface area contributed by atoms with Gasteiger partial charge in [-0.05, 0) is 0 Å². The van der Waals surface area contributed by atoms with Crippen molar-refractivity contribution in [1.82, 2.24) is 0 Å². The van der Waals surface area contributed by atoms with Crippen molar-refractivity contribution in [2.45, 2.75) is 18.4 Å². The van der Waals surface area contributed by atoms with Gasteiger partial charge in [-0.25, -0.2) is 9.36 Å². The molecule has 0 aliphatic carbocycles. The Morgan fingerprint density at radius 2 is 1.69 bits per heavy atom. The number of carboxylic acids is 2. The average Bonchev–Trinajstić information content (AvgIpc) is 2.01. The van der Waals surface area contributed by atoms with E-state index in [1.165, 1.54) is 0 Å². The van der Waals surface area contributed by atoms with Gasteiger partial charge in [-0.3, -0.25) is 9.59 Å². The second kappa shape index (κ2) is 7.70. The first-order chi connectivity index (χ1) is 6.81. The number of rotatable bonds is 6. The number of carbonyl (C=O) groups is 3. The quantitative estimate of drug-likeness (QED) is 0.399. The zero-order valence-corrected chi connectivity index (χ0v) is 8.14. The topological polar surface area (TPSA) is 138 Å². The Hall–Kier alpha value is -0.530. The van der Waals surface area contributed by atoms with Crippen molar-refractivity contribution in [3.8, 4) is 0 Å². The normalized spacial score (nSPS) is 13.3. The molecule has 0 saturated carbocycles. The van der Waals surface area contributed by atoms with E-state index in [0.29, 0.717) is 0 Å². The summed E-state index contributed by atoms with van der Waals surface area (Å²) in [5.41, 5.74) is -2.76. The molecule has 0 saturated heterocycles. The van der Waals surface area contributed by atoms with Crippen LogP contribution in [0.1, 0.15) is 12.8 Å². The molecule has 1 atom stereocenters. The van der Waals surface area contributed by atoms with Gasteiger partial charge in [-0.2, -0.15) is 0 Å². The van der Waals surface area contributed by atoms with Crippen LogP contribution in [-0.2, 0) is 23.5 Å². The third kappa shape index (κ3) is 6.14. The molecule has 0 radical (unpaired) electrons. The summed E-state index contributed by atoms with van der Waals surface area (Å²) in [7, 11) is -1.00. The summed E-state index contributed by atoms with van der Waals surface area (Å²) in [6, 6.07) is 0. The Morgan fingerprint density at radius 3 is 2.00 bits per heavy atom. The Kier molecular flexibility index (Phi) is 8.59. The summed E-state index contributed by atoms with van der Waals surface area (Å²) in [5.74, 6) is -4.74. The van der Waals surface area contributed by atoms with Crippen molar-refractivity contribution in [2.24, 2.45) is 0 Å². The van der Waals surface area contributed by atoms with E-state index in [2.05, 4.69) is 4.52 Å². The van der Waals surface area contributed by atoms with Gasteiger partial charge < -0.3 is 19.8 Å². The van der Waals surface area contributed by atoms with Crippen LogP contribution in [0.2, 0.25) is 0 Å². The van der Waals surface area contributed by atoms with Gasteiger partial charge in [0.15, 0.2) is 5.60 Å². The van der Waals surface area contributed by atoms with E-state index in [9.17, 15) is 24.1 Å². The third-order valence-corrected chi connectivity index (χ3v) is 1.70. The maximum absolute atomic E-state index is 10.7. The number of carboxylic acid groups (broad SMARTS) is 2. The van der Waals surface area contributed by atoms with Crippen molar-refractivity contribution >= 4 is 56.2 Å². The van der Waals surface area contributed by atoms with E-state index in [4.69, 9.17) is 10.2 Å². The van der Waals surface area contributed by atoms with Gasteiger partial charge in [0.25, 0.3) is 0 Å². The van der Waals surface area contributed by atoms with Gasteiger partial charge in [0.1, 0.15) is 0 Å². The van der Waals surface area contributed by atoms with Gasteiger partial charge in [0, 0.05) is 0 Å². The van der Waals surface area contributed by atoms with Gasteiger partial charge in [0.05, 0.1) is 12.8 Å². The Balaban J connectivity index is 0. The number of hydrogen-bond donors (Lipinski definition) is 3. The molecule has 8 nitrogen and oxygen atoms in total. The van der Waals surface area contributed by atoms with Crippen molar-refractivity contribution in [2.75, 3.05) is 0 Å². The molecular weight excluding hydrogens is 254 g/mol. The number of hydrogen-bond acceptors (Lipinski definition) is 6. The number of aliphatic carboxylic acids is 2. The summed E-state index contributed by atoms with van der Waals surface area (Å²) in [6.45, 7) is 0. The van der Waals surface area contributed by atoms with Crippen molar-refractivity contribution in [3.05, 3.63) is 0 Å². The van der Waals surface area contributed by atoms with Gasteiger partial charge >= 0.3 is 56.2 Å². The SMILES string of the molecule is O=POC(=O)CC(O)(CC(=O)O)C(=O)O.[NaH]. The van der Waals surface area contributed by atoms with Crippen molar-refractivity contribution in [3.63, 3.8) is 0 Å². The molecule has 0 aromatic rings. The van der Waals surface area contributed by atoms with E-state index >= 15 is 0 Å². The second-order valence-corrected chi connectivity index (χ2v) is 2.95. The molecular formula is C6H8NaO8P. The molecule has 0 heterocycles. The summed E-state index contributed by atoms with van der Waals surface area (Å²) >= 11 is 0. The van der Waals surface area contributed by atoms with E-state index in [0.717, 1.165) is 0 Å². The van der Waals surface area contributed by atoms with Crippen LogP contribution in [-0.4, -0.2) is 68.4 Å². The van der Waals surface area contributed by atoms with E-state index < -0.39 is 45.0 Å². The van der Waals surface area contributed by atoms with E-state index in [1.54, 1.807) is 0 Å². The fraction of sp³-hybridized carbons (Fsp3) is 0.500. The fourth-order valence-corrected chi connectivity index (χ4v) is 0.924. The molecule has 0 aromatic carbocycles. The first-order valence-corrected chi connectivity index (χ1v) is 4.25. The van der Waals surface area contributed by atoms with Gasteiger partial charge in [-0.15, -0.1) is 0 Å². The van der Waals surface area contributed by atoms with Gasteiger partial charge in [0.2, 0.25) is 0 Å². The van der Waals surface area contributed by atoms with Crippen LogP contribution in [0.4, 0.5) is 0 Å². The summed E-state index contributed by atoms with van der Waals surface area (Å²) < 4.78 is 13.6. The van der Waals surface area contributed by atoms with Crippen LogP contribution >= 0.6 is 8.69 Å². The van der Waals surface area contributed by atoms with Crippen LogP contribution in [0.3, 0.4) is 0 Å². The standard InChI is InChI=1S/C6H7O8P.Na.H/c7-3(8)1-6(12,5(10)11)2-4(9)14-15-13;;/h12H,1-2H2,(H,7,8)(H,10,11);;. The Morgan fingerprint density at radius 1 is 1.19 bits per heavy atom. The Bertz CT molecular complexity index is 305. The molecule has 16 heavy (non-hydrogen) atoms. The first-order valence-electron chi connectivity index (χ1n) is 3.52. The third-order valence-electron chi connectivity index (χ3n) is 1.42. The number of aliphatic hydroxyl groups is 1. The van der Waals surface area contributed by atoms with Gasteiger partial charge in [-0.1, -0.05) is 0 Å².